The van der Waals surface area contributed by atoms with E-state index in [2.05, 4.69) is 64.6 Å². The molecule has 0 amide bonds. The Morgan fingerprint density at radius 2 is 2.00 bits per heavy atom. The second-order valence-electron chi connectivity index (χ2n) is 6.34. The van der Waals surface area contributed by atoms with Crippen LogP contribution in [0.4, 0.5) is 5.82 Å². The summed E-state index contributed by atoms with van der Waals surface area (Å²) in [7, 11) is 0. The molecular formula is C20H27N3. The normalized spacial score (nSPS) is 18.7. The van der Waals surface area contributed by atoms with Gasteiger partial charge in [-0.15, -0.1) is 0 Å². The topological polar surface area (TPSA) is 28.2 Å². The molecule has 23 heavy (non-hydrogen) atoms. The van der Waals surface area contributed by atoms with E-state index in [1.54, 1.807) is 0 Å². The number of pyridine rings is 1. The van der Waals surface area contributed by atoms with Gasteiger partial charge in [0.05, 0.1) is 0 Å². The molecule has 0 bridgehead atoms. The van der Waals surface area contributed by atoms with E-state index >= 15 is 0 Å². The van der Waals surface area contributed by atoms with E-state index in [0.717, 1.165) is 25.3 Å². The first-order valence-electron chi connectivity index (χ1n) is 8.85. The molecule has 122 valence electrons. The second kappa shape index (κ2) is 8.11. The van der Waals surface area contributed by atoms with Crippen molar-refractivity contribution in [3.05, 3.63) is 59.8 Å². The Bertz CT molecular complexity index is 597. The summed E-state index contributed by atoms with van der Waals surface area (Å²) in [6.45, 7) is 5.36. The molecule has 3 nitrogen and oxygen atoms in total. The molecule has 2 aromatic rings. The molecule has 1 fully saturated rings. The average molecular weight is 309 g/mol. The van der Waals surface area contributed by atoms with E-state index < -0.39 is 0 Å². The molecular weight excluding hydrogens is 282 g/mol. The number of hydrogen-bond acceptors (Lipinski definition) is 3. The van der Waals surface area contributed by atoms with Crippen LogP contribution in [0.5, 0.6) is 0 Å². The minimum absolute atomic E-state index is 0.469. The lowest BCUT2D eigenvalue weighted by Crippen LogP contribution is -2.33. The van der Waals surface area contributed by atoms with Crippen LogP contribution in [-0.2, 0) is 6.54 Å². The second-order valence-corrected chi connectivity index (χ2v) is 6.34. The smallest absolute Gasteiger partial charge is 0.130 e. The predicted molar refractivity (Wildman–Crippen MR) is 96.5 cm³/mol. The molecule has 1 N–H and O–H groups in total. The number of nitrogens with one attached hydrogen (secondary N) is 1. The zero-order chi connectivity index (χ0) is 15.9. The highest BCUT2D eigenvalue weighted by molar-refractivity contribution is 5.46. The minimum atomic E-state index is 0.469. The van der Waals surface area contributed by atoms with Crippen molar-refractivity contribution in [3.8, 4) is 0 Å². The van der Waals surface area contributed by atoms with Gasteiger partial charge in [0, 0.05) is 30.9 Å². The van der Waals surface area contributed by atoms with E-state index in [1.165, 1.54) is 36.9 Å². The lowest BCUT2D eigenvalue weighted by atomic mass is 9.95. The predicted octanol–water partition coefficient (Wildman–Crippen LogP) is 4.63. The molecule has 1 saturated heterocycles. The van der Waals surface area contributed by atoms with Gasteiger partial charge < -0.3 is 5.32 Å². The third-order valence-corrected chi connectivity index (χ3v) is 4.58. The van der Waals surface area contributed by atoms with Crippen LogP contribution in [0.2, 0.25) is 0 Å². The van der Waals surface area contributed by atoms with E-state index in [-0.39, 0.29) is 0 Å². The highest BCUT2D eigenvalue weighted by Gasteiger charge is 2.26. The molecule has 1 aromatic carbocycles. The number of piperidine rings is 1. The van der Waals surface area contributed by atoms with Crippen molar-refractivity contribution in [2.24, 2.45) is 0 Å². The van der Waals surface area contributed by atoms with Gasteiger partial charge in [-0.3, -0.25) is 4.90 Å². The van der Waals surface area contributed by atoms with Crippen LogP contribution in [0.1, 0.15) is 49.8 Å². The fourth-order valence-electron chi connectivity index (χ4n) is 3.43. The van der Waals surface area contributed by atoms with Gasteiger partial charge in [0.25, 0.3) is 0 Å². The number of anilines is 1. The van der Waals surface area contributed by atoms with E-state index in [4.69, 9.17) is 0 Å². The van der Waals surface area contributed by atoms with Crippen molar-refractivity contribution in [1.29, 1.82) is 0 Å². The van der Waals surface area contributed by atoms with E-state index in [9.17, 15) is 0 Å². The van der Waals surface area contributed by atoms with E-state index in [0.29, 0.717) is 6.04 Å². The summed E-state index contributed by atoms with van der Waals surface area (Å²) in [5.41, 5.74) is 2.75. The molecule has 1 atom stereocenters. The maximum Gasteiger partial charge on any atom is 0.130 e. The molecule has 3 heteroatoms. The number of nitrogens with zero attached hydrogens (tertiary/aromatic N) is 2. The van der Waals surface area contributed by atoms with Gasteiger partial charge in [-0.1, -0.05) is 49.7 Å². The summed E-state index contributed by atoms with van der Waals surface area (Å²) in [5, 5.41) is 3.51. The summed E-state index contributed by atoms with van der Waals surface area (Å²) < 4.78 is 0. The van der Waals surface area contributed by atoms with Crippen molar-refractivity contribution < 1.29 is 0 Å². The van der Waals surface area contributed by atoms with Gasteiger partial charge in [-0.25, -0.2) is 4.98 Å². The number of aromatic nitrogens is 1. The fourth-order valence-corrected chi connectivity index (χ4v) is 3.43. The van der Waals surface area contributed by atoms with Crippen LogP contribution in [0.3, 0.4) is 0 Å². The third kappa shape index (κ3) is 4.11. The van der Waals surface area contributed by atoms with Crippen LogP contribution in [0, 0.1) is 0 Å². The van der Waals surface area contributed by atoms with Gasteiger partial charge in [-0.05, 0) is 37.4 Å². The molecule has 0 radical (unpaired) electrons. The van der Waals surface area contributed by atoms with Gasteiger partial charge in [0.2, 0.25) is 0 Å². The van der Waals surface area contributed by atoms with Gasteiger partial charge in [0.1, 0.15) is 5.82 Å². The summed E-state index contributed by atoms with van der Waals surface area (Å²) in [5.74, 6) is 1.07. The maximum absolute atomic E-state index is 4.60. The van der Waals surface area contributed by atoms with Crippen molar-refractivity contribution in [2.45, 2.75) is 45.2 Å². The number of hydrogen-bond donors (Lipinski definition) is 1. The Labute approximate surface area is 139 Å². The van der Waals surface area contributed by atoms with Crippen LogP contribution >= 0.6 is 0 Å². The Morgan fingerprint density at radius 3 is 2.83 bits per heavy atom. The highest BCUT2D eigenvalue weighted by atomic mass is 15.2. The fraction of sp³-hybridized carbons (Fsp3) is 0.450. The molecule has 1 aliphatic heterocycles. The van der Waals surface area contributed by atoms with Gasteiger partial charge >= 0.3 is 0 Å². The first kappa shape index (κ1) is 16.0. The zero-order valence-electron chi connectivity index (χ0n) is 14.0. The first-order chi connectivity index (χ1) is 11.4. The Morgan fingerprint density at radius 1 is 1.13 bits per heavy atom. The molecule has 1 aromatic heterocycles. The molecule has 2 heterocycles. The zero-order valence-corrected chi connectivity index (χ0v) is 14.0. The Balaban J connectivity index is 1.81. The number of benzene rings is 1. The summed E-state index contributed by atoms with van der Waals surface area (Å²) >= 11 is 0. The lowest BCUT2D eigenvalue weighted by molar-refractivity contribution is 0.140. The highest BCUT2D eigenvalue weighted by Crippen LogP contribution is 2.35. The maximum atomic E-state index is 4.60. The standard InChI is InChI=1S/C20H27N3/c1-2-13-21-20-18(11-8-14-22-20)19-12-6-7-15-23(19)16-17-9-4-3-5-10-17/h3-5,8-11,14,19H,2,6-7,12-13,15-16H2,1H3,(H,21,22)/t19-/m0/s1. The minimum Gasteiger partial charge on any atom is -0.370 e. The molecule has 0 spiro atoms. The number of rotatable bonds is 6. The molecule has 0 saturated carbocycles. The van der Waals surface area contributed by atoms with Crippen molar-refractivity contribution in [3.63, 3.8) is 0 Å². The Kier molecular flexibility index (Phi) is 5.65. The molecule has 0 unspecified atom stereocenters. The molecule has 3 rings (SSSR count). The van der Waals surface area contributed by atoms with E-state index in [1.807, 2.05) is 6.20 Å². The first-order valence-corrected chi connectivity index (χ1v) is 8.85. The monoisotopic (exact) mass is 309 g/mol. The van der Waals surface area contributed by atoms with Gasteiger partial charge in [0.15, 0.2) is 0 Å². The number of likely N-dealkylation sites (tertiary alicyclic amines) is 1. The van der Waals surface area contributed by atoms with Crippen LogP contribution in [0.25, 0.3) is 0 Å². The summed E-state index contributed by atoms with van der Waals surface area (Å²) in [6.07, 6.45) is 6.83. The Hall–Kier alpha value is -1.87. The van der Waals surface area contributed by atoms with Crippen LogP contribution in [0.15, 0.2) is 48.7 Å². The van der Waals surface area contributed by atoms with Crippen molar-refractivity contribution in [2.75, 3.05) is 18.4 Å². The molecule has 1 aliphatic rings. The van der Waals surface area contributed by atoms with Crippen molar-refractivity contribution in [1.82, 2.24) is 9.88 Å². The lowest BCUT2D eigenvalue weighted by Gasteiger charge is -2.36. The third-order valence-electron chi connectivity index (χ3n) is 4.58. The van der Waals surface area contributed by atoms with Crippen LogP contribution < -0.4 is 5.32 Å². The van der Waals surface area contributed by atoms with Gasteiger partial charge in [-0.2, -0.15) is 0 Å². The quantitative estimate of drug-likeness (QED) is 0.843. The van der Waals surface area contributed by atoms with Crippen LogP contribution in [-0.4, -0.2) is 23.0 Å². The summed E-state index contributed by atoms with van der Waals surface area (Å²) in [6, 6.07) is 15.6. The largest absolute Gasteiger partial charge is 0.370 e. The molecule has 0 aliphatic carbocycles. The average Bonchev–Trinajstić information content (AvgIpc) is 2.62. The van der Waals surface area contributed by atoms with Crippen molar-refractivity contribution >= 4 is 5.82 Å². The SMILES string of the molecule is CCCNc1ncccc1[C@@H]1CCCCN1Cc1ccccc1. The summed E-state index contributed by atoms with van der Waals surface area (Å²) in [4.78, 5) is 7.21.